The van der Waals surface area contributed by atoms with Crippen molar-refractivity contribution in [1.82, 2.24) is 0 Å². The molecule has 0 aromatic carbocycles. The first-order valence-corrected chi connectivity index (χ1v) is 5.11. The standard InChI is InChI=1S/C11H13NOS/c1-12(2)11-8-7-10(14-11)6-4-3-5-9-13/h3-9H,1-2H3/b5-3+,6-4+. The Labute approximate surface area is 88.2 Å². The van der Waals surface area contributed by atoms with Crippen LogP contribution in [0.2, 0.25) is 0 Å². The highest BCUT2D eigenvalue weighted by atomic mass is 32.1. The van der Waals surface area contributed by atoms with Crippen LogP contribution in [0, 0.1) is 0 Å². The van der Waals surface area contributed by atoms with Gasteiger partial charge in [0.2, 0.25) is 0 Å². The normalized spacial score (nSPS) is 11.3. The summed E-state index contributed by atoms with van der Waals surface area (Å²) in [6.07, 6.45) is 7.81. The van der Waals surface area contributed by atoms with Crippen LogP contribution in [-0.4, -0.2) is 20.4 Å². The molecule has 0 bridgehead atoms. The number of allylic oxidation sites excluding steroid dienone is 3. The van der Waals surface area contributed by atoms with Gasteiger partial charge in [0.1, 0.15) is 6.29 Å². The van der Waals surface area contributed by atoms with Crippen molar-refractivity contribution in [1.29, 1.82) is 0 Å². The van der Waals surface area contributed by atoms with Gasteiger partial charge in [-0.15, -0.1) is 11.3 Å². The zero-order valence-electron chi connectivity index (χ0n) is 8.31. The molecule has 0 fully saturated rings. The van der Waals surface area contributed by atoms with Gasteiger partial charge in [-0.25, -0.2) is 0 Å². The van der Waals surface area contributed by atoms with Crippen LogP contribution in [0.1, 0.15) is 4.88 Å². The molecule has 1 rings (SSSR count). The minimum absolute atomic E-state index is 0.768. The topological polar surface area (TPSA) is 20.3 Å². The van der Waals surface area contributed by atoms with Crippen molar-refractivity contribution in [3.8, 4) is 0 Å². The van der Waals surface area contributed by atoms with E-state index in [2.05, 4.69) is 17.0 Å². The first-order valence-electron chi connectivity index (χ1n) is 4.29. The molecule has 0 unspecified atom stereocenters. The lowest BCUT2D eigenvalue weighted by Gasteiger charge is -2.06. The summed E-state index contributed by atoms with van der Waals surface area (Å²) in [7, 11) is 4.04. The van der Waals surface area contributed by atoms with E-state index in [1.807, 2.05) is 26.2 Å². The second-order valence-corrected chi connectivity index (χ2v) is 4.04. The van der Waals surface area contributed by atoms with Gasteiger partial charge < -0.3 is 4.90 Å². The Hall–Kier alpha value is -1.35. The van der Waals surface area contributed by atoms with Crippen LogP contribution in [0.4, 0.5) is 5.00 Å². The Kier molecular flexibility index (Phi) is 4.13. The Morgan fingerprint density at radius 2 is 2.00 bits per heavy atom. The Morgan fingerprint density at radius 1 is 1.21 bits per heavy atom. The van der Waals surface area contributed by atoms with Crippen molar-refractivity contribution in [2.24, 2.45) is 0 Å². The molecule has 1 aromatic rings. The Bertz CT molecular complexity index is 350. The molecule has 0 N–H and O–H groups in total. The van der Waals surface area contributed by atoms with Crippen LogP contribution >= 0.6 is 11.3 Å². The molecule has 0 spiro atoms. The summed E-state index contributed by atoms with van der Waals surface area (Å²) >= 11 is 1.72. The van der Waals surface area contributed by atoms with Crippen LogP contribution in [0.3, 0.4) is 0 Å². The van der Waals surface area contributed by atoms with Gasteiger partial charge >= 0.3 is 0 Å². The fourth-order valence-electron chi connectivity index (χ4n) is 0.932. The molecule has 0 radical (unpaired) electrons. The van der Waals surface area contributed by atoms with Gasteiger partial charge in [-0.1, -0.05) is 12.2 Å². The van der Waals surface area contributed by atoms with Gasteiger partial charge in [0.15, 0.2) is 0 Å². The number of carbonyl (C=O) groups is 1. The molecular weight excluding hydrogens is 194 g/mol. The second kappa shape index (κ2) is 5.40. The highest BCUT2D eigenvalue weighted by Crippen LogP contribution is 2.24. The Balaban J connectivity index is 2.63. The molecule has 1 heterocycles. The van der Waals surface area contributed by atoms with E-state index < -0.39 is 0 Å². The molecule has 0 aliphatic carbocycles. The minimum atomic E-state index is 0.768. The molecule has 2 nitrogen and oxygen atoms in total. The van der Waals surface area contributed by atoms with Gasteiger partial charge in [-0.2, -0.15) is 0 Å². The van der Waals surface area contributed by atoms with Crippen molar-refractivity contribution >= 4 is 28.7 Å². The number of carbonyl (C=O) groups excluding carboxylic acids is 1. The summed E-state index contributed by atoms with van der Waals surface area (Å²) in [6.45, 7) is 0. The van der Waals surface area contributed by atoms with Crippen molar-refractivity contribution in [2.75, 3.05) is 19.0 Å². The maximum Gasteiger partial charge on any atom is 0.142 e. The van der Waals surface area contributed by atoms with Crippen molar-refractivity contribution in [3.05, 3.63) is 35.2 Å². The van der Waals surface area contributed by atoms with Gasteiger partial charge in [-0.05, 0) is 24.3 Å². The number of nitrogens with zero attached hydrogens (tertiary/aromatic N) is 1. The van der Waals surface area contributed by atoms with Crippen LogP contribution in [0.15, 0.2) is 30.4 Å². The zero-order valence-corrected chi connectivity index (χ0v) is 9.12. The molecule has 74 valence electrons. The van der Waals surface area contributed by atoms with Crippen molar-refractivity contribution < 1.29 is 4.79 Å². The van der Waals surface area contributed by atoms with Gasteiger partial charge in [0.25, 0.3) is 0 Å². The van der Waals surface area contributed by atoms with Gasteiger partial charge in [0.05, 0.1) is 5.00 Å². The predicted molar refractivity (Wildman–Crippen MR) is 62.9 cm³/mol. The molecule has 3 heteroatoms. The maximum absolute atomic E-state index is 9.98. The molecule has 0 aliphatic rings. The number of thiophene rings is 1. The average molecular weight is 207 g/mol. The van der Waals surface area contributed by atoms with E-state index in [9.17, 15) is 4.79 Å². The molecule has 0 atom stereocenters. The largest absolute Gasteiger partial charge is 0.370 e. The summed E-state index contributed by atoms with van der Waals surface area (Å²) in [5.74, 6) is 0. The average Bonchev–Trinajstić information content (AvgIpc) is 2.61. The summed E-state index contributed by atoms with van der Waals surface area (Å²) in [5, 5.41) is 1.23. The molecule has 14 heavy (non-hydrogen) atoms. The van der Waals surface area contributed by atoms with Crippen molar-refractivity contribution in [3.63, 3.8) is 0 Å². The summed E-state index contributed by atoms with van der Waals surface area (Å²) < 4.78 is 0. The van der Waals surface area contributed by atoms with Crippen molar-refractivity contribution in [2.45, 2.75) is 0 Å². The number of hydrogen-bond acceptors (Lipinski definition) is 3. The first-order chi connectivity index (χ1) is 6.74. The third kappa shape index (κ3) is 3.18. The molecule has 0 saturated heterocycles. The second-order valence-electron chi connectivity index (χ2n) is 2.95. The van der Waals surface area contributed by atoms with Crippen LogP contribution in [-0.2, 0) is 4.79 Å². The lowest BCUT2D eigenvalue weighted by Crippen LogP contribution is -2.05. The highest BCUT2D eigenvalue weighted by Gasteiger charge is 1.97. The summed E-state index contributed by atoms with van der Waals surface area (Å²) in [5.41, 5.74) is 0. The number of aldehydes is 1. The van der Waals surface area contributed by atoms with Crippen LogP contribution in [0.5, 0.6) is 0 Å². The lowest BCUT2D eigenvalue weighted by atomic mass is 10.4. The zero-order chi connectivity index (χ0) is 10.4. The molecule has 1 aromatic heterocycles. The number of rotatable bonds is 4. The van der Waals surface area contributed by atoms with E-state index in [0.29, 0.717) is 0 Å². The first kappa shape index (κ1) is 10.7. The lowest BCUT2D eigenvalue weighted by molar-refractivity contribution is -0.104. The fourth-order valence-corrected chi connectivity index (χ4v) is 1.77. The monoisotopic (exact) mass is 207 g/mol. The molecule has 0 amide bonds. The van der Waals surface area contributed by atoms with E-state index in [1.54, 1.807) is 17.4 Å². The van der Waals surface area contributed by atoms with E-state index in [0.717, 1.165) is 6.29 Å². The van der Waals surface area contributed by atoms with Crippen LogP contribution in [0.25, 0.3) is 6.08 Å². The van der Waals surface area contributed by atoms with Crippen LogP contribution < -0.4 is 4.90 Å². The van der Waals surface area contributed by atoms with Gasteiger partial charge in [-0.3, -0.25) is 4.79 Å². The SMILES string of the molecule is CN(C)c1ccc(/C=C/C=C/C=O)s1. The number of anilines is 1. The minimum Gasteiger partial charge on any atom is -0.370 e. The Morgan fingerprint density at radius 3 is 2.57 bits per heavy atom. The molecule has 0 saturated carbocycles. The summed E-state index contributed by atoms with van der Waals surface area (Å²) in [6, 6.07) is 4.14. The number of hydrogen-bond donors (Lipinski definition) is 0. The third-order valence-electron chi connectivity index (χ3n) is 1.61. The van der Waals surface area contributed by atoms with E-state index in [1.165, 1.54) is 16.0 Å². The summed E-state index contributed by atoms with van der Waals surface area (Å²) in [4.78, 5) is 13.2. The fraction of sp³-hybridized carbons (Fsp3) is 0.182. The third-order valence-corrected chi connectivity index (χ3v) is 2.83. The molecule has 0 aliphatic heterocycles. The van der Waals surface area contributed by atoms with E-state index in [-0.39, 0.29) is 0 Å². The van der Waals surface area contributed by atoms with E-state index in [4.69, 9.17) is 0 Å². The highest BCUT2D eigenvalue weighted by molar-refractivity contribution is 7.16. The van der Waals surface area contributed by atoms with E-state index >= 15 is 0 Å². The van der Waals surface area contributed by atoms with Gasteiger partial charge in [0, 0.05) is 19.0 Å². The molecular formula is C11H13NOS. The predicted octanol–water partition coefficient (Wildman–Crippen LogP) is 2.58. The quantitative estimate of drug-likeness (QED) is 0.429. The maximum atomic E-state index is 9.98. The smallest absolute Gasteiger partial charge is 0.142 e.